The highest BCUT2D eigenvalue weighted by Crippen LogP contribution is 2.20. The number of aromatic nitrogens is 1. The average molecular weight is 287 g/mol. The lowest BCUT2D eigenvalue weighted by Crippen LogP contribution is -2.11. The summed E-state index contributed by atoms with van der Waals surface area (Å²) in [6, 6.07) is 8.82. The van der Waals surface area contributed by atoms with Crippen molar-refractivity contribution in [1.82, 2.24) is 4.98 Å². The second-order valence-corrected chi connectivity index (χ2v) is 5.19. The SMILES string of the molecule is COCc1nc(C)c(C(=O)Nc2cccc(C#N)c2)s1. The van der Waals surface area contributed by atoms with Crippen molar-refractivity contribution in [2.45, 2.75) is 13.5 Å². The van der Waals surface area contributed by atoms with Crippen LogP contribution in [0.2, 0.25) is 0 Å². The lowest BCUT2D eigenvalue weighted by molar-refractivity contribution is 0.103. The zero-order valence-corrected chi connectivity index (χ0v) is 12.0. The highest BCUT2D eigenvalue weighted by molar-refractivity contribution is 7.13. The number of hydrogen-bond donors (Lipinski definition) is 1. The summed E-state index contributed by atoms with van der Waals surface area (Å²) >= 11 is 1.31. The van der Waals surface area contributed by atoms with Gasteiger partial charge in [-0.25, -0.2) is 4.98 Å². The van der Waals surface area contributed by atoms with Gasteiger partial charge >= 0.3 is 0 Å². The van der Waals surface area contributed by atoms with Gasteiger partial charge in [0.05, 0.1) is 23.9 Å². The van der Waals surface area contributed by atoms with Crippen molar-refractivity contribution in [3.8, 4) is 6.07 Å². The van der Waals surface area contributed by atoms with Crippen molar-refractivity contribution < 1.29 is 9.53 Å². The van der Waals surface area contributed by atoms with Crippen LogP contribution in [0.1, 0.15) is 25.9 Å². The van der Waals surface area contributed by atoms with E-state index < -0.39 is 0 Å². The Balaban J connectivity index is 2.17. The Bertz CT molecular complexity index is 673. The van der Waals surface area contributed by atoms with Crippen LogP contribution < -0.4 is 5.32 Å². The molecule has 1 aromatic carbocycles. The van der Waals surface area contributed by atoms with Gasteiger partial charge in [0.25, 0.3) is 5.91 Å². The van der Waals surface area contributed by atoms with Gasteiger partial charge in [-0.1, -0.05) is 6.07 Å². The Kier molecular flexibility index (Phi) is 4.45. The third-order valence-electron chi connectivity index (χ3n) is 2.56. The molecule has 102 valence electrons. The predicted molar refractivity (Wildman–Crippen MR) is 76.7 cm³/mol. The molecule has 0 saturated heterocycles. The fourth-order valence-electron chi connectivity index (χ4n) is 1.70. The molecule has 0 bridgehead atoms. The van der Waals surface area contributed by atoms with Crippen molar-refractivity contribution in [2.75, 3.05) is 12.4 Å². The first-order chi connectivity index (χ1) is 9.63. The average Bonchev–Trinajstić information content (AvgIpc) is 2.80. The van der Waals surface area contributed by atoms with Crippen LogP contribution in [0.4, 0.5) is 5.69 Å². The van der Waals surface area contributed by atoms with E-state index in [1.54, 1.807) is 38.3 Å². The number of nitrogens with one attached hydrogen (secondary N) is 1. The second-order valence-electron chi connectivity index (χ2n) is 4.10. The number of nitriles is 1. The Morgan fingerprint density at radius 2 is 2.35 bits per heavy atom. The summed E-state index contributed by atoms with van der Waals surface area (Å²) in [7, 11) is 1.59. The van der Waals surface area contributed by atoms with Gasteiger partial charge in [0.1, 0.15) is 9.88 Å². The monoisotopic (exact) mass is 287 g/mol. The summed E-state index contributed by atoms with van der Waals surface area (Å²) < 4.78 is 5.00. The van der Waals surface area contributed by atoms with Gasteiger partial charge < -0.3 is 10.1 Å². The Morgan fingerprint density at radius 3 is 3.05 bits per heavy atom. The van der Waals surface area contributed by atoms with Crippen molar-refractivity contribution >= 4 is 22.9 Å². The number of thiazole rings is 1. The maximum absolute atomic E-state index is 12.2. The summed E-state index contributed by atoms with van der Waals surface area (Å²) in [6.45, 7) is 2.18. The molecule has 2 aromatic rings. The van der Waals surface area contributed by atoms with Crippen molar-refractivity contribution in [3.05, 3.63) is 45.4 Å². The number of amides is 1. The molecule has 6 heteroatoms. The van der Waals surface area contributed by atoms with Crippen LogP contribution in [-0.2, 0) is 11.3 Å². The van der Waals surface area contributed by atoms with Gasteiger partial charge in [-0.15, -0.1) is 11.3 Å². The summed E-state index contributed by atoms with van der Waals surface area (Å²) in [5, 5.41) is 12.4. The molecule has 1 aromatic heterocycles. The number of benzene rings is 1. The molecule has 2 rings (SSSR count). The van der Waals surface area contributed by atoms with Gasteiger partial charge in [-0.2, -0.15) is 5.26 Å². The lowest BCUT2D eigenvalue weighted by atomic mass is 10.2. The quantitative estimate of drug-likeness (QED) is 0.938. The second kappa shape index (κ2) is 6.28. The molecule has 0 aliphatic carbocycles. The fraction of sp³-hybridized carbons (Fsp3) is 0.214. The van der Waals surface area contributed by atoms with E-state index in [1.165, 1.54) is 11.3 Å². The smallest absolute Gasteiger partial charge is 0.267 e. The largest absolute Gasteiger partial charge is 0.378 e. The van der Waals surface area contributed by atoms with Gasteiger partial charge in [0.15, 0.2) is 0 Å². The molecule has 0 saturated carbocycles. The minimum Gasteiger partial charge on any atom is -0.378 e. The zero-order valence-electron chi connectivity index (χ0n) is 11.1. The highest BCUT2D eigenvalue weighted by Gasteiger charge is 2.15. The van der Waals surface area contributed by atoms with Crippen LogP contribution in [0, 0.1) is 18.3 Å². The zero-order chi connectivity index (χ0) is 14.5. The number of rotatable bonds is 4. The molecule has 5 nitrogen and oxygen atoms in total. The molecule has 1 heterocycles. The third-order valence-corrected chi connectivity index (χ3v) is 3.69. The van der Waals surface area contributed by atoms with E-state index in [4.69, 9.17) is 10.00 Å². The molecule has 20 heavy (non-hydrogen) atoms. The minimum absolute atomic E-state index is 0.225. The van der Waals surface area contributed by atoms with E-state index in [1.807, 2.05) is 6.07 Å². The van der Waals surface area contributed by atoms with Gasteiger partial charge in [0, 0.05) is 12.8 Å². The van der Waals surface area contributed by atoms with Crippen LogP contribution >= 0.6 is 11.3 Å². The third kappa shape index (κ3) is 3.20. The minimum atomic E-state index is -0.225. The van der Waals surface area contributed by atoms with Crippen LogP contribution in [0.15, 0.2) is 24.3 Å². The summed E-state index contributed by atoms with van der Waals surface area (Å²) in [5.74, 6) is -0.225. The molecular formula is C14H13N3O2S. The van der Waals surface area contributed by atoms with Gasteiger partial charge in [-0.05, 0) is 25.1 Å². The van der Waals surface area contributed by atoms with E-state index in [0.717, 1.165) is 5.01 Å². The number of anilines is 1. The number of nitrogens with zero attached hydrogens (tertiary/aromatic N) is 2. The van der Waals surface area contributed by atoms with Crippen LogP contribution in [-0.4, -0.2) is 18.0 Å². The van der Waals surface area contributed by atoms with Gasteiger partial charge in [-0.3, -0.25) is 4.79 Å². The molecule has 0 unspecified atom stereocenters. The number of carbonyl (C=O) groups is 1. The number of ether oxygens (including phenoxy) is 1. The first kappa shape index (κ1) is 14.2. The van der Waals surface area contributed by atoms with Gasteiger partial charge in [0.2, 0.25) is 0 Å². The molecule has 0 aliphatic heterocycles. The van der Waals surface area contributed by atoms with E-state index >= 15 is 0 Å². The molecule has 0 atom stereocenters. The number of hydrogen-bond acceptors (Lipinski definition) is 5. The molecule has 0 spiro atoms. The van der Waals surface area contributed by atoms with E-state index in [0.29, 0.717) is 28.4 Å². The van der Waals surface area contributed by atoms with Crippen molar-refractivity contribution in [3.63, 3.8) is 0 Å². The van der Waals surface area contributed by atoms with Crippen LogP contribution in [0.5, 0.6) is 0 Å². The summed E-state index contributed by atoms with van der Waals surface area (Å²) in [4.78, 5) is 17.0. The van der Waals surface area contributed by atoms with E-state index in [-0.39, 0.29) is 5.91 Å². The van der Waals surface area contributed by atoms with Crippen LogP contribution in [0.3, 0.4) is 0 Å². The molecule has 0 fully saturated rings. The molecule has 0 aliphatic rings. The lowest BCUT2D eigenvalue weighted by Gasteiger charge is -2.03. The van der Waals surface area contributed by atoms with E-state index in [2.05, 4.69) is 10.3 Å². The Morgan fingerprint density at radius 1 is 1.55 bits per heavy atom. The summed E-state index contributed by atoms with van der Waals surface area (Å²) in [6.07, 6.45) is 0. The number of carbonyl (C=O) groups excluding carboxylic acids is 1. The molecule has 1 N–H and O–H groups in total. The molecular weight excluding hydrogens is 274 g/mol. The van der Waals surface area contributed by atoms with Crippen LogP contribution in [0.25, 0.3) is 0 Å². The first-order valence-corrected chi connectivity index (χ1v) is 6.72. The first-order valence-electron chi connectivity index (χ1n) is 5.91. The molecule has 0 radical (unpaired) electrons. The maximum atomic E-state index is 12.2. The molecule has 1 amide bonds. The Hall–Kier alpha value is -2.23. The van der Waals surface area contributed by atoms with Crippen molar-refractivity contribution in [1.29, 1.82) is 5.26 Å². The predicted octanol–water partition coefficient (Wildman–Crippen LogP) is 2.72. The normalized spacial score (nSPS) is 10.1. The Labute approximate surface area is 120 Å². The maximum Gasteiger partial charge on any atom is 0.267 e. The summed E-state index contributed by atoms with van der Waals surface area (Å²) in [5.41, 5.74) is 1.77. The highest BCUT2D eigenvalue weighted by atomic mass is 32.1. The van der Waals surface area contributed by atoms with E-state index in [9.17, 15) is 4.79 Å². The standard InChI is InChI=1S/C14H13N3O2S/c1-9-13(20-12(16-9)8-19-2)14(18)17-11-5-3-4-10(6-11)7-15/h3-6H,8H2,1-2H3,(H,17,18). The number of methoxy groups -OCH3 is 1. The topological polar surface area (TPSA) is 75.0 Å². The van der Waals surface area contributed by atoms with Crippen molar-refractivity contribution in [2.24, 2.45) is 0 Å². The fourth-order valence-corrected chi connectivity index (χ4v) is 2.63. The number of aryl methyl sites for hydroxylation is 1.